The zero-order valence-corrected chi connectivity index (χ0v) is 17.2. The average Bonchev–Trinajstić information content (AvgIpc) is 3.47. The van der Waals surface area contributed by atoms with Crippen molar-refractivity contribution in [3.05, 3.63) is 41.1 Å². The molecule has 7 nitrogen and oxygen atoms in total. The van der Waals surface area contributed by atoms with Gasteiger partial charge in [-0.1, -0.05) is 6.07 Å². The first-order chi connectivity index (χ1) is 13.4. The van der Waals surface area contributed by atoms with Crippen molar-refractivity contribution in [2.45, 2.75) is 39.0 Å². The lowest BCUT2D eigenvalue weighted by molar-refractivity contribution is 0.262. The number of hydrogen-bond donors (Lipinski definition) is 3. The molecule has 0 unspecified atom stereocenters. The second kappa shape index (κ2) is 9.01. The number of carbonyl (C=O) groups is 1. The Balaban J connectivity index is 0.00000300. The number of hydrogen-bond acceptors (Lipinski definition) is 5. The number of aromatic nitrogens is 2. The normalized spacial score (nSPS) is 13.5. The lowest BCUT2D eigenvalue weighted by atomic mass is 10.1. The van der Waals surface area contributed by atoms with Gasteiger partial charge < -0.3 is 15.5 Å². The van der Waals surface area contributed by atoms with Crippen LogP contribution in [0.25, 0.3) is 0 Å². The molecule has 0 atom stereocenters. The van der Waals surface area contributed by atoms with E-state index in [0.29, 0.717) is 11.9 Å². The van der Waals surface area contributed by atoms with E-state index >= 15 is 0 Å². The number of anilines is 3. The molecule has 3 N–H and O–H groups in total. The zero-order chi connectivity index (χ0) is 20.1. The third kappa shape index (κ3) is 5.92. The van der Waals surface area contributed by atoms with Crippen LogP contribution in [0.4, 0.5) is 22.2 Å². The van der Waals surface area contributed by atoms with Crippen LogP contribution < -0.4 is 16.0 Å². The van der Waals surface area contributed by atoms with Crippen molar-refractivity contribution in [2.24, 2.45) is 0 Å². The molecule has 2 amide bonds. The number of carbonyl (C=O) groups excluding carboxylic acids is 1. The van der Waals surface area contributed by atoms with Crippen LogP contribution in [0.15, 0.2) is 24.3 Å². The third-order valence-electron chi connectivity index (χ3n) is 4.82. The molecule has 2 aromatic rings. The van der Waals surface area contributed by atoms with Gasteiger partial charge in [-0.3, -0.25) is 5.32 Å². The maximum Gasteiger partial charge on any atom is 0.326 e. The van der Waals surface area contributed by atoms with Crippen molar-refractivity contribution >= 4 is 23.5 Å². The number of urea groups is 1. The van der Waals surface area contributed by atoms with Crippen LogP contribution >= 0.6 is 0 Å². The standard InChI is InChI=1S/C21H30N6O.3H2/c1-14-6-9-17(12-15(14)2)23-21(28)26-20-24-18(16-7-8-16)13-19(25-20)22-10-5-11-27(3)4;;;/h6,9,12-13,16H,5,7-8,10-11H2,1-4H3,(H3,22,23,24,25,26,28);3*1H. The van der Waals surface area contributed by atoms with Gasteiger partial charge in [0.05, 0.1) is 5.69 Å². The van der Waals surface area contributed by atoms with Gasteiger partial charge in [-0.25, -0.2) is 9.78 Å². The first kappa shape index (κ1) is 20.1. The maximum atomic E-state index is 12.4. The van der Waals surface area contributed by atoms with Gasteiger partial charge in [-0.15, -0.1) is 0 Å². The average molecular weight is 389 g/mol. The van der Waals surface area contributed by atoms with Crippen LogP contribution in [0.3, 0.4) is 0 Å². The van der Waals surface area contributed by atoms with E-state index < -0.39 is 0 Å². The predicted molar refractivity (Wildman–Crippen MR) is 121 cm³/mol. The Morgan fingerprint density at radius 3 is 2.61 bits per heavy atom. The molecule has 1 heterocycles. The molecular weight excluding hydrogens is 352 g/mol. The molecule has 1 aromatic carbocycles. The van der Waals surface area contributed by atoms with Gasteiger partial charge in [-0.2, -0.15) is 4.98 Å². The molecule has 0 bridgehead atoms. The van der Waals surface area contributed by atoms with E-state index in [-0.39, 0.29) is 10.3 Å². The summed E-state index contributed by atoms with van der Waals surface area (Å²) in [6.45, 7) is 5.91. The van der Waals surface area contributed by atoms with Crippen LogP contribution in [0.1, 0.15) is 46.3 Å². The molecule has 28 heavy (non-hydrogen) atoms. The maximum absolute atomic E-state index is 12.4. The van der Waals surface area contributed by atoms with Gasteiger partial charge in [0.25, 0.3) is 0 Å². The van der Waals surface area contributed by atoms with Crippen molar-refractivity contribution in [2.75, 3.05) is 43.1 Å². The topological polar surface area (TPSA) is 82.2 Å². The molecular formula is C21H36N6O. The smallest absolute Gasteiger partial charge is 0.326 e. The third-order valence-corrected chi connectivity index (χ3v) is 4.82. The first-order valence-electron chi connectivity index (χ1n) is 9.83. The van der Waals surface area contributed by atoms with E-state index in [1.54, 1.807) is 0 Å². The van der Waals surface area contributed by atoms with Crippen LogP contribution in [-0.2, 0) is 0 Å². The molecule has 1 saturated carbocycles. The Bertz CT molecular complexity index is 846. The highest BCUT2D eigenvalue weighted by Crippen LogP contribution is 2.39. The fraction of sp³-hybridized carbons (Fsp3) is 0.476. The molecule has 156 valence electrons. The summed E-state index contributed by atoms with van der Waals surface area (Å²) in [6, 6.07) is 7.50. The number of nitrogens with one attached hydrogen (secondary N) is 3. The highest BCUT2D eigenvalue weighted by atomic mass is 16.2. The largest absolute Gasteiger partial charge is 0.370 e. The van der Waals surface area contributed by atoms with Gasteiger partial charge in [0.2, 0.25) is 5.95 Å². The second-order valence-electron chi connectivity index (χ2n) is 7.74. The molecule has 0 saturated heterocycles. The summed E-state index contributed by atoms with van der Waals surface area (Å²) in [7, 11) is 4.12. The molecule has 1 fully saturated rings. The van der Waals surface area contributed by atoms with Gasteiger partial charge >= 0.3 is 6.03 Å². The first-order valence-corrected chi connectivity index (χ1v) is 9.83. The molecule has 1 aromatic heterocycles. The van der Waals surface area contributed by atoms with E-state index in [2.05, 4.69) is 44.9 Å². The zero-order valence-electron chi connectivity index (χ0n) is 17.2. The minimum atomic E-state index is -0.338. The Morgan fingerprint density at radius 2 is 1.93 bits per heavy atom. The molecule has 0 aliphatic heterocycles. The fourth-order valence-electron chi connectivity index (χ4n) is 2.90. The molecule has 3 rings (SSSR count). The lowest BCUT2D eigenvalue weighted by Crippen LogP contribution is -2.22. The van der Waals surface area contributed by atoms with Crippen LogP contribution in [0.2, 0.25) is 0 Å². The minimum Gasteiger partial charge on any atom is -0.370 e. The molecule has 1 aliphatic rings. The Labute approximate surface area is 171 Å². The lowest BCUT2D eigenvalue weighted by Gasteiger charge is -2.13. The van der Waals surface area contributed by atoms with E-state index in [0.717, 1.165) is 55.1 Å². The fourth-order valence-corrected chi connectivity index (χ4v) is 2.90. The summed E-state index contributed by atoms with van der Waals surface area (Å²) in [4.78, 5) is 23.5. The van der Waals surface area contributed by atoms with Crippen LogP contribution in [0, 0.1) is 13.8 Å². The summed E-state index contributed by atoms with van der Waals surface area (Å²) in [6.07, 6.45) is 3.31. The second-order valence-corrected chi connectivity index (χ2v) is 7.74. The van der Waals surface area contributed by atoms with Crippen molar-refractivity contribution in [3.8, 4) is 0 Å². The minimum absolute atomic E-state index is 0. The number of rotatable bonds is 8. The highest BCUT2D eigenvalue weighted by molar-refractivity contribution is 5.98. The highest BCUT2D eigenvalue weighted by Gasteiger charge is 2.26. The summed E-state index contributed by atoms with van der Waals surface area (Å²) >= 11 is 0. The molecule has 7 heteroatoms. The number of amides is 2. The van der Waals surface area contributed by atoms with Crippen molar-refractivity contribution in [1.82, 2.24) is 14.9 Å². The number of benzene rings is 1. The quantitative estimate of drug-likeness (QED) is 0.570. The van der Waals surface area contributed by atoms with Crippen molar-refractivity contribution in [3.63, 3.8) is 0 Å². The van der Waals surface area contributed by atoms with Gasteiger partial charge in [0.15, 0.2) is 0 Å². The summed E-state index contributed by atoms with van der Waals surface area (Å²) in [5.41, 5.74) is 4.07. The van der Waals surface area contributed by atoms with Crippen molar-refractivity contribution < 1.29 is 9.07 Å². The van der Waals surface area contributed by atoms with Crippen LogP contribution in [-0.4, -0.2) is 48.1 Å². The Kier molecular flexibility index (Phi) is 6.46. The summed E-state index contributed by atoms with van der Waals surface area (Å²) in [5.74, 6) is 1.58. The van der Waals surface area contributed by atoms with Gasteiger partial charge in [0, 0.05) is 28.5 Å². The van der Waals surface area contributed by atoms with E-state index in [9.17, 15) is 4.79 Å². The number of nitrogens with zero attached hydrogens (tertiary/aromatic N) is 3. The van der Waals surface area contributed by atoms with E-state index in [1.165, 1.54) is 5.56 Å². The molecule has 0 spiro atoms. The molecule has 1 aliphatic carbocycles. The molecule has 0 radical (unpaired) electrons. The Morgan fingerprint density at radius 1 is 1.14 bits per heavy atom. The Hall–Kier alpha value is -2.67. The van der Waals surface area contributed by atoms with Gasteiger partial charge in [0.1, 0.15) is 5.82 Å². The SMILES string of the molecule is Cc1ccc(NC(=O)Nc2nc(NCCCN(C)C)cc(C3CC3)n2)cc1C.[HH].[HH].[HH]. The summed E-state index contributed by atoms with van der Waals surface area (Å²) < 4.78 is 0. The summed E-state index contributed by atoms with van der Waals surface area (Å²) in [5, 5.41) is 8.98. The monoisotopic (exact) mass is 388 g/mol. The van der Waals surface area contributed by atoms with E-state index in [4.69, 9.17) is 0 Å². The van der Waals surface area contributed by atoms with Crippen molar-refractivity contribution in [1.29, 1.82) is 0 Å². The van der Waals surface area contributed by atoms with Gasteiger partial charge in [-0.05, 0) is 77.0 Å². The van der Waals surface area contributed by atoms with Crippen LogP contribution in [0.5, 0.6) is 0 Å². The van der Waals surface area contributed by atoms with E-state index in [1.807, 2.05) is 38.1 Å². The predicted octanol–water partition coefficient (Wildman–Crippen LogP) is 4.72. The number of aryl methyl sites for hydroxylation is 2.